The molecule has 0 spiro atoms. The number of guanidine groups is 1. The number of amides is 1. The van der Waals surface area contributed by atoms with E-state index in [1.54, 1.807) is 32.4 Å². The van der Waals surface area contributed by atoms with E-state index in [1.807, 2.05) is 23.1 Å². The monoisotopic (exact) mass is 397 g/mol. The van der Waals surface area contributed by atoms with Gasteiger partial charge in [0.25, 0.3) is 0 Å². The molecule has 0 saturated carbocycles. The van der Waals surface area contributed by atoms with Crippen molar-refractivity contribution in [1.82, 2.24) is 4.90 Å². The first kappa shape index (κ1) is 20.3. The van der Waals surface area contributed by atoms with Crippen molar-refractivity contribution in [2.45, 2.75) is 0 Å². The fourth-order valence-corrected chi connectivity index (χ4v) is 3.21. The molecule has 1 aliphatic rings. The maximum Gasteiger partial charge on any atom is 0.244 e. The number of aliphatic imine (C=N–C) groups is 1. The summed E-state index contributed by atoms with van der Waals surface area (Å²) in [4.78, 5) is 20.7. The van der Waals surface area contributed by atoms with Gasteiger partial charge in [-0.15, -0.1) is 0 Å². The first-order valence-electron chi connectivity index (χ1n) is 9.47. The Bertz CT molecular complexity index is 849. The normalized spacial score (nSPS) is 14.5. The van der Waals surface area contributed by atoms with Gasteiger partial charge in [-0.2, -0.15) is 0 Å². The van der Waals surface area contributed by atoms with Crippen LogP contribution in [-0.4, -0.2) is 63.7 Å². The van der Waals surface area contributed by atoms with Gasteiger partial charge in [-0.1, -0.05) is 18.2 Å². The highest BCUT2D eigenvalue weighted by atomic mass is 16.5. The largest absolute Gasteiger partial charge is 0.493 e. The van der Waals surface area contributed by atoms with Gasteiger partial charge in [-0.25, -0.2) is 4.99 Å². The number of methoxy groups -OCH3 is 2. The minimum Gasteiger partial charge on any atom is -0.493 e. The van der Waals surface area contributed by atoms with E-state index in [-0.39, 0.29) is 18.4 Å². The lowest BCUT2D eigenvalue weighted by atomic mass is 10.2. The molecule has 1 heterocycles. The predicted molar refractivity (Wildman–Crippen MR) is 115 cm³/mol. The molecule has 3 N–H and O–H groups in total. The van der Waals surface area contributed by atoms with Crippen molar-refractivity contribution in [3.05, 3.63) is 48.5 Å². The SMILES string of the molecule is COc1ccc(NC(N)=NCC(=O)N2CCN(c3ccccc3)CC2)cc1OC. The highest BCUT2D eigenvalue weighted by Gasteiger charge is 2.20. The molecule has 3 rings (SSSR count). The summed E-state index contributed by atoms with van der Waals surface area (Å²) >= 11 is 0. The number of rotatable bonds is 6. The molecule has 1 aliphatic heterocycles. The summed E-state index contributed by atoms with van der Waals surface area (Å²) in [5, 5.41) is 2.97. The van der Waals surface area contributed by atoms with Crippen LogP contribution in [-0.2, 0) is 4.79 Å². The van der Waals surface area contributed by atoms with Gasteiger partial charge in [0.2, 0.25) is 5.91 Å². The lowest BCUT2D eigenvalue weighted by Crippen LogP contribution is -2.49. The van der Waals surface area contributed by atoms with Gasteiger partial charge < -0.3 is 30.3 Å². The fourth-order valence-electron chi connectivity index (χ4n) is 3.21. The molecule has 0 radical (unpaired) electrons. The predicted octanol–water partition coefficient (Wildman–Crippen LogP) is 1.78. The lowest BCUT2D eigenvalue weighted by molar-refractivity contribution is -0.129. The van der Waals surface area contributed by atoms with Crippen LogP contribution in [0.3, 0.4) is 0 Å². The number of nitrogens with one attached hydrogen (secondary N) is 1. The van der Waals surface area contributed by atoms with Gasteiger partial charge in [0.05, 0.1) is 14.2 Å². The summed E-state index contributed by atoms with van der Waals surface area (Å²) in [5.74, 6) is 1.35. The van der Waals surface area contributed by atoms with Crippen LogP contribution in [0.2, 0.25) is 0 Å². The van der Waals surface area contributed by atoms with E-state index in [2.05, 4.69) is 27.3 Å². The second-order valence-electron chi connectivity index (χ2n) is 6.60. The topological polar surface area (TPSA) is 92.4 Å². The highest BCUT2D eigenvalue weighted by Crippen LogP contribution is 2.29. The van der Waals surface area contributed by atoms with E-state index in [0.717, 1.165) is 13.1 Å². The number of nitrogens with zero attached hydrogens (tertiary/aromatic N) is 3. The van der Waals surface area contributed by atoms with Crippen LogP contribution in [0.5, 0.6) is 11.5 Å². The van der Waals surface area contributed by atoms with Crippen LogP contribution >= 0.6 is 0 Å². The molecule has 0 atom stereocenters. The number of carbonyl (C=O) groups excluding carboxylic acids is 1. The van der Waals surface area contributed by atoms with Gasteiger partial charge >= 0.3 is 0 Å². The molecule has 1 amide bonds. The average molecular weight is 397 g/mol. The Labute approximate surface area is 170 Å². The smallest absolute Gasteiger partial charge is 0.244 e. The molecule has 0 aliphatic carbocycles. The van der Waals surface area contributed by atoms with E-state index in [0.29, 0.717) is 30.3 Å². The zero-order valence-electron chi connectivity index (χ0n) is 16.8. The third-order valence-corrected chi connectivity index (χ3v) is 4.79. The molecular formula is C21H27N5O3. The maximum atomic E-state index is 12.5. The Hall–Kier alpha value is -3.42. The summed E-state index contributed by atoms with van der Waals surface area (Å²) in [6.07, 6.45) is 0. The van der Waals surface area contributed by atoms with Gasteiger partial charge in [-0.05, 0) is 24.3 Å². The number of ether oxygens (including phenoxy) is 2. The quantitative estimate of drug-likeness (QED) is 0.570. The van der Waals surface area contributed by atoms with Crippen molar-refractivity contribution in [3.8, 4) is 11.5 Å². The van der Waals surface area contributed by atoms with Crippen molar-refractivity contribution in [2.75, 3.05) is 57.2 Å². The van der Waals surface area contributed by atoms with Crippen LogP contribution < -0.4 is 25.4 Å². The summed E-state index contributed by atoms with van der Waals surface area (Å²) in [6.45, 7) is 2.97. The molecule has 2 aromatic carbocycles. The van der Waals surface area contributed by atoms with Crippen molar-refractivity contribution in [1.29, 1.82) is 0 Å². The standard InChI is InChI=1S/C21H27N5O3/c1-28-18-9-8-16(14-19(18)29-2)24-21(22)23-15-20(27)26-12-10-25(11-13-26)17-6-4-3-5-7-17/h3-9,14H,10-13,15H2,1-2H3,(H3,22,23,24). The van der Waals surface area contributed by atoms with Gasteiger partial charge in [0.1, 0.15) is 6.54 Å². The second kappa shape index (κ2) is 9.68. The van der Waals surface area contributed by atoms with E-state index in [9.17, 15) is 4.79 Å². The summed E-state index contributed by atoms with van der Waals surface area (Å²) in [7, 11) is 3.14. The molecule has 0 bridgehead atoms. The Morgan fingerprint density at radius 1 is 1.03 bits per heavy atom. The maximum absolute atomic E-state index is 12.5. The van der Waals surface area contributed by atoms with Crippen LogP contribution in [0.25, 0.3) is 0 Å². The van der Waals surface area contributed by atoms with Gasteiger partial charge in [0.15, 0.2) is 17.5 Å². The Balaban J connectivity index is 1.50. The molecule has 0 unspecified atom stereocenters. The van der Waals surface area contributed by atoms with Crippen molar-refractivity contribution in [3.63, 3.8) is 0 Å². The Morgan fingerprint density at radius 3 is 2.38 bits per heavy atom. The van der Waals surface area contributed by atoms with Crippen LogP contribution in [0, 0.1) is 0 Å². The number of hydrogen-bond donors (Lipinski definition) is 2. The van der Waals surface area contributed by atoms with E-state index < -0.39 is 0 Å². The van der Waals surface area contributed by atoms with E-state index in [1.165, 1.54) is 5.69 Å². The molecule has 2 aromatic rings. The van der Waals surface area contributed by atoms with Crippen molar-refractivity contribution < 1.29 is 14.3 Å². The van der Waals surface area contributed by atoms with E-state index >= 15 is 0 Å². The van der Waals surface area contributed by atoms with Crippen LogP contribution in [0.4, 0.5) is 11.4 Å². The number of anilines is 2. The molecule has 8 nitrogen and oxygen atoms in total. The summed E-state index contributed by atoms with van der Waals surface area (Å²) < 4.78 is 10.5. The molecule has 1 fully saturated rings. The molecule has 8 heteroatoms. The molecule has 29 heavy (non-hydrogen) atoms. The lowest BCUT2D eigenvalue weighted by Gasteiger charge is -2.35. The number of para-hydroxylation sites is 1. The zero-order valence-corrected chi connectivity index (χ0v) is 16.8. The second-order valence-corrected chi connectivity index (χ2v) is 6.60. The van der Waals surface area contributed by atoms with Gasteiger partial charge in [-0.3, -0.25) is 4.79 Å². The number of piperazine rings is 1. The Morgan fingerprint density at radius 2 is 1.72 bits per heavy atom. The third kappa shape index (κ3) is 5.31. The van der Waals surface area contributed by atoms with E-state index in [4.69, 9.17) is 15.2 Å². The average Bonchev–Trinajstić information content (AvgIpc) is 2.78. The number of nitrogens with two attached hydrogens (primary N) is 1. The van der Waals surface area contributed by atoms with Crippen molar-refractivity contribution >= 4 is 23.2 Å². The summed E-state index contributed by atoms with van der Waals surface area (Å²) in [6, 6.07) is 15.5. The zero-order chi connectivity index (χ0) is 20.6. The fraction of sp³-hybridized carbons (Fsp3) is 0.333. The third-order valence-electron chi connectivity index (χ3n) is 4.79. The Kier molecular flexibility index (Phi) is 6.78. The van der Waals surface area contributed by atoms with Crippen molar-refractivity contribution in [2.24, 2.45) is 10.7 Å². The van der Waals surface area contributed by atoms with Gasteiger partial charge in [0, 0.05) is 43.6 Å². The number of carbonyl (C=O) groups is 1. The first-order chi connectivity index (χ1) is 14.1. The summed E-state index contributed by atoms with van der Waals surface area (Å²) in [5.41, 5.74) is 7.81. The minimum absolute atomic E-state index is 0.0114. The highest BCUT2D eigenvalue weighted by molar-refractivity contribution is 5.94. The molecule has 154 valence electrons. The van der Waals surface area contributed by atoms with Crippen LogP contribution in [0.15, 0.2) is 53.5 Å². The molecule has 0 aromatic heterocycles. The first-order valence-corrected chi connectivity index (χ1v) is 9.47. The molecule has 1 saturated heterocycles. The minimum atomic E-state index is -0.0326. The molecular weight excluding hydrogens is 370 g/mol. The number of benzene rings is 2. The number of hydrogen-bond acceptors (Lipinski definition) is 5. The van der Waals surface area contributed by atoms with Crippen LogP contribution in [0.1, 0.15) is 0 Å².